The number of thiazole rings is 1. The number of carbonyl (C=O) groups excluding carboxylic acids is 1. The van der Waals surface area contributed by atoms with Gasteiger partial charge in [0, 0.05) is 37.8 Å². The highest BCUT2D eigenvalue weighted by Gasteiger charge is 2.30. The molecule has 1 aromatic heterocycles. The Morgan fingerprint density at radius 1 is 1.25 bits per heavy atom. The summed E-state index contributed by atoms with van der Waals surface area (Å²) in [6.07, 6.45) is 2.73. The van der Waals surface area contributed by atoms with Crippen LogP contribution in [0, 0.1) is 5.82 Å². The highest BCUT2D eigenvalue weighted by Crippen LogP contribution is 2.26. The van der Waals surface area contributed by atoms with Gasteiger partial charge in [-0.15, -0.1) is 11.3 Å². The van der Waals surface area contributed by atoms with Gasteiger partial charge in [-0.05, 0) is 24.1 Å². The molecule has 0 aliphatic carbocycles. The number of esters is 1. The SMILES string of the molecule is COC(=O)[C@H](c1ccc(F)cc1)N1CCCN(c2nccs2)CC1. The first-order valence-electron chi connectivity index (χ1n) is 7.91. The zero-order valence-electron chi connectivity index (χ0n) is 13.5. The van der Waals surface area contributed by atoms with Gasteiger partial charge in [0.15, 0.2) is 5.13 Å². The fourth-order valence-corrected chi connectivity index (χ4v) is 3.71. The third-order valence-electron chi connectivity index (χ3n) is 4.20. The summed E-state index contributed by atoms with van der Waals surface area (Å²) in [6.45, 7) is 3.19. The van der Waals surface area contributed by atoms with Gasteiger partial charge < -0.3 is 9.64 Å². The maximum absolute atomic E-state index is 13.2. The first kappa shape index (κ1) is 16.9. The quantitative estimate of drug-likeness (QED) is 0.794. The number of carbonyl (C=O) groups is 1. The number of anilines is 1. The summed E-state index contributed by atoms with van der Waals surface area (Å²) in [5.41, 5.74) is 0.756. The van der Waals surface area contributed by atoms with Crippen molar-refractivity contribution in [3.8, 4) is 0 Å². The smallest absolute Gasteiger partial charge is 0.327 e. The van der Waals surface area contributed by atoms with E-state index in [1.807, 2.05) is 5.38 Å². The molecule has 0 amide bonds. The van der Waals surface area contributed by atoms with Gasteiger partial charge in [-0.3, -0.25) is 4.90 Å². The number of aromatic nitrogens is 1. The summed E-state index contributed by atoms with van der Waals surface area (Å²) in [6, 6.07) is 5.56. The van der Waals surface area contributed by atoms with E-state index in [0.717, 1.165) is 43.3 Å². The van der Waals surface area contributed by atoms with Gasteiger partial charge in [0.25, 0.3) is 0 Å². The van der Waals surface area contributed by atoms with E-state index in [1.54, 1.807) is 29.7 Å². The molecule has 1 aliphatic rings. The van der Waals surface area contributed by atoms with E-state index in [9.17, 15) is 9.18 Å². The summed E-state index contributed by atoms with van der Waals surface area (Å²) in [5.74, 6) is -0.627. The second kappa shape index (κ2) is 7.72. The summed E-state index contributed by atoms with van der Waals surface area (Å²) in [4.78, 5) is 21.0. The minimum atomic E-state index is -0.508. The first-order valence-corrected chi connectivity index (χ1v) is 8.79. The molecule has 0 saturated carbocycles. The van der Waals surface area contributed by atoms with Crippen molar-refractivity contribution in [2.45, 2.75) is 12.5 Å². The van der Waals surface area contributed by atoms with Crippen molar-refractivity contribution in [1.82, 2.24) is 9.88 Å². The van der Waals surface area contributed by atoms with Crippen LogP contribution >= 0.6 is 11.3 Å². The van der Waals surface area contributed by atoms with Crippen LogP contribution in [-0.2, 0) is 9.53 Å². The number of rotatable bonds is 4. The zero-order valence-corrected chi connectivity index (χ0v) is 14.3. The standard InChI is InChI=1S/C17H20FN3O2S/c1-23-16(22)15(13-3-5-14(18)6-4-13)20-8-2-9-21(11-10-20)17-19-7-12-24-17/h3-7,12,15H,2,8-11H2,1H3/t15-/m0/s1. The number of ether oxygens (including phenoxy) is 1. The Morgan fingerprint density at radius 2 is 2.04 bits per heavy atom. The molecule has 1 aliphatic heterocycles. The molecule has 1 fully saturated rings. The van der Waals surface area contributed by atoms with Crippen molar-refractivity contribution in [1.29, 1.82) is 0 Å². The molecular formula is C17H20FN3O2S. The van der Waals surface area contributed by atoms with E-state index in [4.69, 9.17) is 4.74 Å². The molecule has 0 spiro atoms. The Hall–Kier alpha value is -1.99. The van der Waals surface area contributed by atoms with Crippen molar-refractivity contribution in [3.63, 3.8) is 0 Å². The molecule has 1 atom stereocenters. The molecule has 1 saturated heterocycles. The summed E-state index contributed by atoms with van der Waals surface area (Å²) in [7, 11) is 1.39. The largest absolute Gasteiger partial charge is 0.468 e. The molecular weight excluding hydrogens is 329 g/mol. The number of methoxy groups -OCH3 is 1. The van der Waals surface area contributed by atoms with Crippen molar-refractivity contribution >= 4 is 22.4 Å². The highest BCUT2D eigenvalue weighted by atomic mass is 32.1. The zero-order chi connectivity index (χ0) is 16.9. The first-order chi connectivity index (χ1) is 11.7. The average molecular weight is 349 g/mol. The van der Waals surface area contributed by atoms with Gasteiger partial charge in [-0.25, -0.2) is 14.2 Å². The summed E-state index contributed by atoms with van der Waals surface area (Å²) < 4.78 is 18.2. The summed E-state index contributed by atoms with van der Waals surface area (Å²) in [5, 5.41) is 2.97. The lowest BCUT2D eigenvalue weighted by atomic mass is 10.0. The monoisotopic (exact) mass is 349 g/mol. The van der Waals surface area contributed by atoms with Crippen molar-refractivity contribution < 1.29 is 13.9 Å². The van der Waals surface area contributed by atoms with Crippen LogP contribution in [0.3, 0.4) is 0 Å². The Balaban J connectivity index is 1.78. The maximum atomic E-state index is 13.2. The van der Waals surface area contributed by atoms with Crippen LogP contribution in [-0.4, -0.2) is 49.1 Å². The predicted octanol–water partition coefficient (Wildman–Crippen LogP) is 2.71. The second-order valence-corrected chi connectivity index (χ2v) is 6.54. The average Bonchev–Trinajstić information content (AvgIpc) is 3.03. The van der Waals surface area contributed by atoms with Crippen LogP contribution in [0.2, 0.25) is 0 Å². The van der Waals surface area contributed by atoms with Gasteiger partial charge in [-0.1, -0.05) is 12.1 Å². The van der Waals surface area contributed by atoms with Crippen LogP contribution in [0.1, 0.15) is 18.0 Å². The van der Waals surface area contributed by atoms with E-state index in [-0.39, 0.29) is 11.8 Å². The Morgan fingerprint density at radius 3 is 2.71 bits per heavy atom. The molecule has 0 N–H and O–H groups in total. The van der Waals surface area contributed by atoms with Gasteiger partial charge in [0.1, 0.15) is 11.9 Å². The van der Waals surface area contributed by atoms with Gasteiger partial charge >= 0.3 is 5.97 Å². The lowest BCUT2D eigenvalue weighted by Gasteiger charge is -2.29. The van der Waals surface area contributed by atoms with Crippen molar-refractivity contribution in [2.24, 2.45) is 0 Å². The van der Waals surface area contributed by atoms with Crippen LogP contribution in [0.25, 0.3) is 0 Å². The normalized spacial score (nSPS) is 17.3. The lowest BCUT2D eigenvalue weighted by Crippen LogP contribution is -2.38. The Labute approximate surface area is 144 Å². The van der Waals surface area contributed by atoms with Crippen LogP contribution in [0.15, 0.2) is 35.8 Å². The third-order valence-corrected chi connectivity index (χ3v) is 5.03. The van der Waals surface area contributed by atoms with Crippen molar-refractivity contribution in [3.05, 3.63) is 47.2 Å². The molecule has 2 aromatic rings. The van der Waals surface area contributed by atoms with E-state index >= 15 is 0 Å². The molecule has 2 heterocycles. The molecule has 5 nitrogen and oxygen atoms in total. The topological polar surface area (TPSA) is 45.7 Å². The minimum Gasteiger partial charge on any atom is -0.468 e. The molecule has 24 heavy (non-hydrogen) atoms. The number of hydrogen-bond donors (Lipinski definition) is 0. The van der Waals surface area contributed by atoms with E-state index in [2.05, 4.69) is 14.8 Å². The van der Waals surface area contributed by atoms with Crippen molar-refractivity contribution in [2.75, 3.05) is 38.2 Å². The Kier molecular flexibility index (Phi) is 5.42. The number of halogens is 1. The number of nitrogens with zero attached hydrogens (tertiary/aromatic N) is 3. The summed E-state index contributed by atoms with van der Waals surface area (Å²) >= 11 is 1.62. The molecule has 1 aromatic carbocycles. The maximum Gasteiger partial charge on any atom is 0.327 e. The fraction of sp³-hybridized carbons (Fsp3) is 0.412. The van der Waals surface area contributed by atoms with E-state index < -0.39 is 6.04 Å². The molecule has 0 radical (unpaired) electrons. The Bertz CT molecular complexity index is 663. The van der Waals surface area contributed by atoms with Gasteiger partial charge in [0.05, 0.1) is 7.11 Å². The molecule has 7 heteroatoms. The minimum absolute atomic E-state index is 0.312. The molecule has 0 unspecified atom stereocenters. The molecule has 3 rings (SSSR count). The molecule has 128 valence electrons. The molecule has 0 bridgehead atoms. The number of benzene rings is 1. The number of hydrogen-bond acceptors (Lipinski definition) is 6. The van der Waals surface area contributed by atoms with Gasteiger partial charge in [0.2, 0.25) is 0 Å². The van der Waals surface area contributed by atoms with Crippen LogP contribution < -0.4 is 4.90 Å². The third kappa shape index (κ3) is 3.73. The predicted molar refractivity (Wildman–Crippen MR) is 91.7 cm³/mol. The highest BCUT2D eigenvalue weighted by molar-refractivity contribution is 7.13. The van der Waals surface area contributed by atoms with Gasteiger partial charge in [-0.2, -0.15) is 0 Å². The van der Waals surface area contributed by atoms with E-state index in [0.29, 0.717) is 0 Å². The van der Waals surface area contributed by atoms with E-state index in [1.165, 1.54) is 19.2 Å². The second-order valence-electron chi connectivity index (χ2n) is 5.67. The van der Waals surface area contributed by atoms with Crippen LogP contribution in [0.5, 0.6) is 0 Å². The van der Waals surface area contributed by atoms with Crippen LogP contribution in [0.4, 0.5) is 9.52 Å². The fourth-order valence-electron chi connectivity index (χ4n) is 3.01. The lowest BCUT2D eigenvalue weighted by molar-refractivity contribution is -0.147.